The summed E-state index contributed by atoms with van der Waals surface area (Å²) in [5.41, 5.74) is 2.48. The molecular formula is C29H41FN4O3. The fourth-order valence-electron chi connectivity index (χ4n) is 5.75. The Hall–Kier alpha value is -2.71. The normalized spacial score (nSPS) is 20.6. The number of carboxylic acid groups (broad SMARTS) is 1. The molecule has 2 aliphatic heterocycles. The predicted molar refractivity (Wildman–Crippen MR) is 144 cm³/mol. The molecule has 1 aromatic carbocycles. The van der Waals surface area contributed by atoms with E-state index in [1.807, 2.05) is 31.0 Å². The zero-order valence-corrected chi connectivity index (χ0v) is 22.5. The monoisotopic (exact) mass is 512 g/mol. The third-order valence-corrected chi connectivity index (χ3v) is 7.98. The minimum Gasteiger partial charge on any atom is -0.493 e. The van der Waals surface area contributed by atoms with Crippen LogP contribution in [0.2, 0.25) is 0 Å². The number of unbranched alkanes of at least 4 members (excludes halogenated alkanes) is 1. The zero-order chi connectivity index (χ0) is 26.5. The van der Waals surface area contributed by atoms with E-state index >= 15 is 0 Å². The SMILES string of the molecule is COc1c(F)cc(C(C)C)cc1[C@@H](C(=O)O)N1CC[C@@H](N(C)CCCC[C@H]2CCc3cccnc3N2)C1. The van der Waals surface area contributed by atoms with Gasteiger partial charge < -0.3 is 20.1 Å². The van der Waals surface area contributed by atoms with Crippen LogP contribution in [0.4, 0.5) is 10.2 Å². The van der Waals surface area contributed by atoms with Crippen molar-refractivity contribution in [1.29, 1.82) is 0 Å². The van der Waals surface area contributed by atoms with Crippen molar-refractivity contribution in [2.45, 2.75) is 76.4 Å². The third kappa shape index (κ3) is 6.41. The fraction of sp³-hybridized carbons (Fsp3) is 0.586. The van der Waals surface area contributed by atoms with Crippen LogP contribution in [-0.4, -0.2) is 71.7 Å². The molecule has 1 saturated heterocycles. The molecule has 0 unspecified atom stereocenters. The Bertz CT molecular complexity index is 1080. The molecule has 1 aromatic heterocycles. The van der Waals surface area contributed by atoms with E-state index in [2.05, 4.69) is 28.3 Å². The Morgan fingerprint density at radius 3 is 2.86 bits per heavy atom. The van der Waals surface area contributed by atoms with Gasteiger partial charge in [0.25, 0.3) is 0 Å². The molecule has 0 spiro atoms. The summed E-state index contributed by atoms with van der Waals surface area (Å²) in [4.78, 5) is 21.2. The number of hydrogen-bond acceptors (Lipinski definition) is 6. The van der Waals surface area contributed by atoms with Crippen LogP contribution in [0.15, 0.2) is 30.5 Å². The number of fused-ring (bicyclic) bond motifs is 1. The summed E-state index contributed by atoms with van der Waals surface area (Å²) in [6, 6.07) is 7.21. The minimum atomic E-state index is -0.974. The summed E-state index contributed by atoms with van der Waals surface area (Å²) >= 11 is 0. The number of rotatable bonds is 11. The number of aromatic nitrogens is 1. The van der Waals surface area contributed by atoms with Crippen molar-refractivity contribution in [3.8, 4) is 5.75 Å². The summed E-state index contributed by atoms with van der Waals surface area (Å²) in [6.07, 6.45) is 8.31. The van der Waals surface area contributed by atoms with E-state index in [0.717, 1.165) is 56.5 Å². The highest BCUT2D eigenvalue weighted by atomic mass is 19.1. The number of likely N-dealkylation sites (N-methyl/N-ethyl adjacent to an activating group) is 1. The molecule has 7 nitrogen and oxygen atoms in total. The third-order valence-electron chi connectivity index (χ3n) is 7.98. The summed E-state index contributed by atoms with van der Waals surface area (Å²) in [5, 5.41) is 13.8. The number of pyridine rings is 1. The first-order valence-electron chi connectivity index (χ1n) is 13.5. The minimum absolute atomic E-state index is 0.0303. The average molecular weight is 513 g/mol. The van der Waals surface area contributed by atoms with Crippen LogP contribution in [0.1, 0.15) is 74.6 Å². The number of aryl methyl sites for hydroxylation is 1. The molecule has 8 heteroatoms. The number of nitrogens with one attached hydrogen (secondary N) is 1. The van der Waals surface area contributed by atoms with Crippen LogP contribution < -0.4 is 10.1 Å². The molecule has 2 aromatic rings. The van der Waals surface area contributed by atoms with Crippen LogP contribution in [0, 0.1) is 5.82 Å². The topological polar surface area (TPSA) is 77.9 Å². The maximum atomic E-state index is 14.8. The lowest BCUT2D eigenvalue weighted by Crippen LogP contribution is -2.38. The lowest BCUT2D eigenvalue weighted by Gasteiger charge is -2.29. The number of hydrogen-bond donors (Lipinski definition) is 2. The first-order valence-corrected chi connectivity index (χ1v) is 13.5. The van der Waals surface area contributed by atoms with Crippen LogP contribution >= 0.6 is 0 Å². The van der Waals surface area contributed by atoms with E-state index in [-0.39, 0.29) is 17.7 Å². The Kier molecular flexibility index (Phi) is 9.03. The highest BCUT2D eigenvalue weighted by Gasteiger charge is 2.37. The zero-order valence-electron chi connectivity index (χ0n) is 22.5. The molecule has 3 atom stereocenters. The molecule has 4 rings (SSSR count). The van der Waals surface area contributed by atoms with E-state index in [9.17, 15) is 14.3 Å². The Morgan fingerprint density at radius 1 is 1.32 bits per heavy atom. The van der Waals surface area contributed by atoms with Crippen LogP contribution in [0.25, 0.3) is 0 Å². The van der Waals surface area contributed by atoms with Crippen LogP contribution in [-0.2, 0) is 11.2 Å². The smallest absolute Gasteiger partial charge is 0.325 e. The van der Waals surface area contributed by atoms with Gasteiger partial charge in [-0.3, -0.25) is 9.69 Å². The number of carboxylic acids is 1. The highest BCUT2D eigenvalue weighted by molar-refractivity contribution is 5.77. The maximum Gasteiger partial charge on any atom is 0.325 e. The van der Waals surface area contributed by atoms with E-state index in [1.165, 1.54) is 18.7 Å². The van der Waals surface area contributed by atoms with Gasteiger partial charge in [0.1, 0.15) is 11.9 Å². The summed E-state index contributed by atoms with van der Waals surface area (Å²) in [6.45, 7) is 6.21. The summed E-state index contributed by atoms with van der Waals surface area (Å²) in [5.74, 6) is -0.332. The molecule has 2 N–H and O–H groups in total. The molecule has 2 aliphatic rings. The van der Waals surface area contributed by atoms with Gasteiger partial charge in [-0.2, -0.15) is 0 Å². The van der Waals surface area contributed by atoms with E-state index in [0.29, 0.717) is 24.7 Å². The number of aliphatic carboxylic acids is 1. The number of carbonyl (C=O) groups is 1. The van der Waals surface area contributed by atoms with Gasteiger partial charge in [-0.1, -0.05) is 26.3 Å². The van der Waals surface area contributed by atoms with Crippen molar-refractivity contribution in [2.75, 3.05) is 39.1 Å². The number of anilines is 1. The van der Waals surface area contributed by atoms with E-state index in [1.54, 1.807) is 6.07 Å². The Labute approximate surface area is 220 Å². The maximum absolute atomic E-state index is 14.8. The molecule has 0 amide bonds. The van der Waals surface area contributed by atoms with Crippen LogP contribution in [0.5, 0.6) is 5.75 Å². The highest BCUT2D eigenvalue weighted by Crippen LogP contribution is 2.37. The predicted octanol–water partition coefficient (Wildman–Crippen LogP) is 5.08. The molecule has 0 radical (unpaired) electrons. The quantitative estimate of drug-likeness (QED) is 0.407. The lowest BCUT2D eigenvalue weighted by molar-refractivity contribution is -0.143. The molecule has 202 valence electrons. The summed E-state index contributed by atoms with van der Waals surface area (Å²) < 4.78 is 20.1. The van der Waals surface area contributed by atoms with Crippen molar-refractivity contribution in [3.05, 3.63) is 53.0 Å². The molecule has 3 heterocycles. The van der Waals surface area contributed by atoms with Gasteiger partial charge in [0, 0.05) is 36.9 Å². The number of halogens is 1. The van der Waals surface area contributed by atoms with Crippen LogP contribution in [0.3, 0.4) is 0 Å². The molecule has 0 saturated carbocycles. The molecule has 0 aliphatic carbocycles. The molecule has 37 heavy (non-hydrogen) atoms. The van der Waals surface area contributed by atoms with Gasteiger partial charge in [0.15, 0.2) is 11.6 Å². The number of nitrogens with zero attached hydrogens (tertiary/aromatic N) is 3. The molecule has 0 bridgehead atoms. The average Bonchev–Trinajstić information content (AvgIpc) is 3.36. The van der Waals surface area contributed by atoms with Gasteiger partial charge in [-0.25, -0.2) is 9.37 Å². The largest absolute Gasteiger partial charge is 0.493 e. The van der Waals surface area contributed by atoms with Crippen molar-refractivity contribution >= 4 is 11.8 Å². The van der Waals surface area contributed by atoms with Gasteiger partial charge in [-0.15, -0.1) is 0 Å². The van der Waals surface area contributed by atoms with Crippen molar-refractivity contribution in [3.63, 3.8) is 0 Å². The molecule has 1 fully saturated rings. The number of ether oxygens (including phenoxy) is 1. The van der Waals surface area contributed by atoms with Gasteiger partial charge in [0.2, 0.25) is 0 Å². The van der Waals surface area contributed by atoms with E-state index < -0.39 is 17.8 Å². The summed E-state index contributed by atoms with van der Waals surface area (Å²) in [7, 11) is 3.52. The second kappa shape index (κ2) is 12.2. The van der Waals surface area contributed by atoms with E-state index in [4.69, 9.17) is 4.74 Å². The fourth-order valence-corrected chi connectivity index (χ4v) is 5.75. The standard InChI is InChI=1S/C29H41FN4O3/c1-19(2)21-16-24(27(37-4)25(30)17-21)26(29(35)36)34-15-12-23(18-34)33(3)14-6-5-9-22-11-10-20-8-7-13-31-28(20)32-22/h7-8,13,16-17,19,22-23,26H,5-6,9-12,14-15,18H2,1-4H3,(H,31,32)(H,35,36)/t22-,23+,26-/m0/s1. The number of benzene rings is 1. The van der Waals surface area contributed by atoms with Crippen molar-refractivity contribution in [1.82, 2.24) is 14.8 Å². The van der Waals surface area contributed by atoms with Gasteiger partial charge in [0.05, 0.1) is 7.11 Å². The Balaban J connectivity index is 1.31. The first-order chi connectivity index (χ1) is 17.8. The number of methoxy groups -OCH3 is 1. The second-order valence-electron chi connectivity index (χ2n) is 10.8. The Morgan fingerprint density at radius 2 is 2.14 bits per heavy atom. The first kappa shape index (κ1) is 27.3. The van der Waals surface area contributed by atoms with Gasteiger partial charge >= 0.3 is 5.97 Å². The van der Waals surface area contributed by atoms with Crippen molar-refractivity contribution in [2.24, 2.45) is 0 Å². The van der Waals surface area contributed by atoms with Crippen molar-refractivity contribution < 1.29 is 19.0 Å². The second-order valence-corrected chi connectivity index (χ2v) is 10.8. The van der Waals surface area contributed by atoms with Gasteiger partial charge in [-0.05, 0) is 80.9 Å². The lowest BCUT2D eigenvalue weighted by atomic mass is 9.95. The number of likely N-dealkylation sites (tertiary alicyclic amines) is 1. The molecular weight excluding hydrogens is 471 g/mol.